The van der Waals surface area contributed by atoms with Gasteiger partial charge in [-0.25, -0.2) is 8.42 Å². The van der Waals surface area contributed by atoms with Gasteiger partial charge in [0.15, 0.2) is 0 Å². The van der Waals surface area contributed by atoms with E-state index in [-0.39, 0.29) is 10.8 Å². The molecule has 0 aliphatic carbocycles. The molecule has 0 fully saturated rings. The fourth-order valence-corrected chi connectivity index (χ4v) is 3.25. The maximum absolute atomic E-state index is 12.3. The van der Waals surface area contributed by atoms with Crippen LogP contribution in [0.2, 0.25) is 0 Å². The van der Waals surface area contributed by atoms with Crippen LogP contribution in [0.4, 0.5) is 5.69 Å². The molecular weight excluding hydrogens is 396 g/mol. The van der Waals surface area contributed by atoms with Gasteiger partial charge >= 0.3 is 0 Å². The normalized spacial score (nSPS) is 11.5. The number of nitrogens with one attached hydrogen (secondary N) is 1. The molecule has 2 rings (SSSR count). The van der Waals surface area contributed by atoms with E-state index < -0.39 is 10.0 Å². The maximum atomic E-state index is 12.3. The Bertz CT molecular complexity index is 851. The predicted molar refractivity (Wildman–Crippen MR) is 95.2 cm³/mol. The molecule has 24 heavy (non-hydrogen) atoms. The smallest absolute Gasteiger partial charge is 0.264 e. The average Bonchev–Trinajstić information content (AvgIpc) is 2.57. The van der Waals surface area contributed by atoms with Crippen molar-refractivity contribution in [1.29, 1.82) is 0 Å². The number of hydrogen-bond donors (Lipinski definition) is 1. The van der Waals surface area contributed by atoms with E-state index in [9.17, 15) is 13.2 Å². The third-order valence-corrected chi connectivity index (χ3v) is 5.99. The molecule has 0 aliphatic rings. The van der Waals surface area contributed by atoms with Gasteiger partial charge in [0, 0.05) is 22.8 Å². The molecule has 1 amide bonds. The number of halogens is 1. The van der Waals surface area contributed by atoms with Gasteiger partial charge in [-0.05, 0) is 48.9 Å². The molecule has 8 heteroatoms. The number of carbonyl (C=O) groups is 1. The number of amides is 1. The van der Waals surface area contributed by atoms with Gasteiger partial charge in [0.25, 0.3) is 15.9 Å². The minimum absolute atomic E-state index is 0.0430. The van der Waals surface area contributed by atoms with Crippen LogP contribution < -0.4 is 5.32 Å². The fraction of sp³-hybridized carbons (Fsp3) is 0.188. The third-order valence-electron chi connectivity index (χ3n) is 3.44. The van der Waals surface area contributed by atoms with Crippen LogP contribution in [0.3, 0.4) is 0 Å². The van der Waals surface area contributed by atoms with Crippen LogP contribution >= 0.6 is 15.9 Å². The molecule has 0 radical (unpaired) electrons. The van der Waals surface area contributed by atoms with E-state index in [0.717, 1.165) is 14.5 Å². The summed E-state index contributed by atoms with van der Waals surface area (Å²) in [6.45, 7) is 1.95. The van der Waals surface area contributed by atoms with Gasteiger partial charge in [-0.15, -0.1) is 0 Å². The summed E-state index contributed by atoms with van der Waals surface area (Å²) in [5, 5.41) is 2.76. The highest BCUT2D eigenvalue weighted by atomic mass is 79.9. The van der Waals surface area contributed by atoms with Gasteiger partial charge < -0.3 is 5.32 Å². The summed E-state index contributed by atoms with van der Waals surface area (Å²) in [4.78, 5) is 17.0. The lowest BCUT2D eigenvalue weighted by molar-refractivity contribution is -0.0258. The molecule has 2 aromatic rings. The van der Waals surface area contributed by atoms with Crippen molar-refractivity contribution in [3.8, 4) is 0 Å². The third kappa shape index (κ3) is 4.02. The van der Waals surface area contributed by atoms with Crippen LogP contribution in [0.1, 0.15) is 15.9 Å². The first-order chi connectivity index (χ1) is 11.3. The van der Waals surface area contributed by atoms with Gasteiger partial charge in [0.1, 0.15) is 0 Å². The second kappa shape index (κ2) is 7.43. The summed E-state index contributed by atoms with van der Waals surface area (Å²) in [5.41, 5.74) is 2.06. The summed E-state index contributed by atoms with van der Waals surface area (Å²) in [6, 6.07) is 11.1. The largest absolute Gasteiger partial charge is 0.322 e. The molecule has 0 saturated carbocycles. The molecule has 0 spiro atoms. The van der Waals surface area contributed by atoms with Gasteiger partial charge in [0.05, 0.1) is 12.0 Å². The summed E-state index contributed by atoms with van der Waals surface area (Å²) in [5.74, 6) is -0.324. The maximum Gasteiger partial charge on any atom is 0.264 e. The number of sulfonamides is 1. The fourth-order valence-electron chi connectivity index (χ4n) is 1.90. The predicted octanol–water partition coefficient (Wildman–Crippen LogP) is 3.19. The molecular formula is C16H17BrN2O4S. The number of carbonyl (C=O) groups excluding carboxylic acids is 1. The molecule has 6 nitrogen and oxygen atoms in total. The first-order valence-corrected chi connectivity index (χ1v) is 9.19. The summed E-state index contributed by atoms with van der Waals surface area (Å²) in [7, 11) is -1.17. The number of hydrogen-bond acceptors (Lipinski definition) is 4. The SMILES string of the molecule is CON(C)S(=O)(=O)c1ccc(C(=O)Nc2ccc(C)c(Br)c2)cc1. The second-order valence-electron chi connectivity index (χ2n) is 5.04. The number of anilines is 1. The van der Waals surface area contributed by atoms with Crippen molar-refractivity contribution in [2.45, 2.75) is 11.8 Å². The van der Waals surface area contributed by atoms with E-state index >= 15 is 0 Å². The minimum atomic E-state index is -3.73. The van der Waals surface area contributed by atoms with Crippen molar-refractivity contribution < 1.29 is 18.0 Å². The van der Waals surface area contributed by atoms with Crippen LogP contribution in [-0.4, -0.2) is 33.0 Å². The van der Waals surface area contributed by atoms with Crippen LogP contribution in [0, 0.1) is 6.92 Å². The van der Waals surface area contributed by atoms with Crippen LogP contribution in [0.5, 0.6) is 0 Å². The van der Waals surface area contributed by atoms with E-state index in [2.05, 4.69) is 21.2 Å². The Morgan fingerprint density at radius 1 is 1.17 bits per heavy atom. The zero-order valence-corrected chi connectivity index (χ0v) is 15.8. The highest BCUT2D eigenvalue weighted by Gasteiger charge is 2.21. The Kier molecular flexibility index (Phi) is 5.76. The van der Waals surface area contributed by atoms with Crippen LogP contribution in [0.15, 0.2) is 51.8 Å². The molecule has 0 heterocycles. The molecule has 1 N–H and O–H groups in total. The summed E-state index contributed by atoms with van der Waals surface area (Å²) < 4.78 is 25.8. The lowest BCUT2D eigenvalue weighted by atomic mass is 10.2. The van der Waals surface area contributed by atoms with E-state index in [1.54, 1.807) is 12.1 Å². The molecule has 0 aliphatic heterocycles. The van der Waals surface area contributed by atoms with Crippen molar-refractivity contribution in [1.82, 2.24) is 4.47 Å². The zero-order valence-electron chi connectivity index (χ0n) is 13.4. The Morgan fingerprint density at radius 2 is 1.79 bits per heavy atom. The van der Waals surface area contributed by atoms with E-state index in [1.165, 1.54) is 38.4 Å². The quantitative estimate of drug-likeness (QED) is 0.764. The van der Waals surface area contributed by atoms with Crippen LogP contribution in [-0.2, 0) is 14.9 Å². The zero-order chi connectivity index (χ0) is 17.9. The molecule has 0 bridgehead atoms. The van der Waals surface area contributed by atoms with Crippen molar-refractivity contribution in [3.05, 3.63) is 58.1 Å². The van der Waals surface area contributed by atoms with Gasteiger partial charge in [-0.1, -0.05) is 26.5 Å². The lowest BCUT2D eigenvalue weighted by Crippen LogP contribution is -2.25. The topological polar surface area (TPSA) is 75.7 Å². The molecule has 2 aromatic carbocycles. The Hall–Kier alpha value is -1.74. The van der Waals surface area contributed by atoms with Crippen molar-refractivity contribution in [2.75, 3.05) is 19.5 Å². The second-order valence-corrected chi connectivity index (χ2v) is 7.83. The minimum Gasteiger partial charge on any atom is -0.322 e. The number of aryl methyl sites for hydroxylation is 1. The number of benzene rings is 2. The van der Waals surface area contributed by atoms with E-state index in [4.69, 9.17) is 4.84 Å². The number of nitrogens with zero attached hydrogens (tertiary/aromatic N) is 1. The van der Waals surface area contributed by atoms with E-state index in [1.807, 2.05) is 13.0 Å². The first kappa shape index (κ1) is 18.6. The lowest BCUT2D eigenvalue weighted by Gasteiger charge is -2.14. The van der Waals surface area contributed by atoms with Gasteiger partial charge in [-0.2, -0.15) is 0 Å². The highest BCUT2D eigenvalue weighted by molar-refractivity contribution is 9.10. The number of hydroxylamine groups is 1. The average molecular weight is 413 g/mol. The van der Waals surface area contributed by atoms with Crippen molar-refractivity contribution >= 4 is 37.5 Å². The van der Waals surface area contributed by atoms with Crippen molar-refractivity contribution in [3.63, 3.8) is 0 Å². The molecule has 0 saturated heterocycles. The van der Waals surface area contributed by atoms with Crippen molar-refractivity contribution in [2.24, 2.45) is 0 Å². The monoisotopic (exact) mass is 412 g/mol. The Morgan fingerprint density at radius 3 is 2.33 bits per heavy atom. The number of rotatable bonds is 5. The Balaban J connectivity index is 2.18. The Labute approximate surface area is 149 Å². The van der Waals surface area contributed by atoms with Gasteiger partial charge in [0.2, 0.25) is 0 Å². The summed E-state index contributed by atoms with van der Waals surface area (Å²) in [6.07, 6.45) is 0. The first-order valence-electron chi connectivity index (χ1n) is 6.96. The molecule has 0 aromatic heterocycles. The molecule has 0 unspecified atom stereocenters. The van der Waals surface area contributed by atoms with E-state index in [0.29, 0.717) is 11.3 Å². The van der Waals surface area contributed by atoms with Gasteiger partial charge in [-0.3, -0.25) is 9.63 Å². The molecule has 128 valence electrons. The molecule has 0 atom stereocenters. The van der Waals surface area contributed by atoms with Crippen LogP contribution in [0.25, 0.3) is 0 Å². The highest BCUT2D eigenvalue weighted by Crippen LogP contribution is 2.21. The standard InChI is InChI=1S/C16H17BrN2O4S/c1-11-4-7-13(10-15(11)17)18-16(20)12-5-8-14(9-6-12)24(21,22)19(2)23-3/h4-10H,1-3H3,(H,18,20). The summed E-state index contributed by atoms with van der Waals surface area (Å²) >= 11 is 3.41.